The van der Waals surface area contributed by atoms with Gasteiger partial charge in [-0.1, -0.05) is 0 Å². The van der Waals surface area contributed by atoms with Gasteiger partial charge in [0.05, 0.1) is 14.2 Å². The monoisotopic (exact) mass is 231 g/mol. The average molecular weight is 231 g/mol. The van der Waals surface area contributed by atoms with E-state index in [0.29, 0.717) is 6.42 Å². The molecule has 0 spiro atoms. The van der Waals surface area contributed by atoms with Gasteiger partial charge < -0.3 is 15.2 Å². The minimum absolute atomic E-state index is 0.0473. The maximum atomic E-state index is 13.7. The van der Waals surface area contributed by atoms with Gasteiger partial charge in [0.15, 0.2) is 17.3 Å². The lowest BCUT2D eigenvalue weighted by molar-refractivity contribution is 0.330. The van der Waals surface area contributed by atoms with Crippen molar-refractivity contribution in [3.63, 3.8) is 0 Å². The lowest BCUT2D eigenvalue weighted by atomic mass is 10.1. The molecule has 0 amide bonds. The van der Waals surface area contributed by atoms with E-state index in [1.165, 1.54) is 20.3 Å². The molecule has 0 fully saturated rings. The Balaban J connectivity index is 3.28. The molecule has 0 aliphatic carbocycles. The highest BCUT2D eigenvalue weighted by atomic mass is 19.1. The molecule has 90 valence electrons. The maximum Gasteiger partial charge on any atom is 0.209 e. The van der Waals surface area contributed by atoms with E-state index in [4.69, 9.17) is 10.5 Å². The predicted molar refractivity (Wildman–Crippen MR) is 56.8 cm³/mol. The first-order valence-electron chi connectivity index (χ1n) is 4.85. The molecule has 0 aliphatic heterocycles. The molecule has 3 nitrogen and oxygen atoms in total. The third kappa shape index (κ3) is 2.41. The summed E-state index contributed by atoms with van der Waals surface area (Å²) >= 11 is 0. The van der Waals surface area contributed by atoms with E-state index in [9.17, 15) is 8.78 Å². The fraction of sp³-hybridized carbons (Fsp3) is 0.455. The van der Waals surface area contributed by atoms with E-state index in [0.717, 1.165) is 0 Å². The van der Waals surface area contributed by atoms with Crippen LogP contribution >= 0.6 is 0 Å². The molecule has 2 N–H and O–H groups in total. The van der Waals surface area contributed by atoms with Gasteiger partial charge in [0.2, 0.25) is 5.82 Å². The summed E-state index contributed by atoms with van der Waals surface area (Å²) in [5, 5.41) is 0. The molecule has 0 saturated heterocycles. The van der Waals surface area contributed by atoms with Crippen LogP contribution in [-0.4, -0.2) is 20.3 Å². The smallest absolute Gasteiger partial charge is 0.209 e. The molecule has 0 heterocycles. The van der Waals surface area contributed by atoms with E-state index in [1.807, 2.05) is 0 Å². The number of halogens is 2. The molecule has 0 bridgehead atoms. The molecule has 0 saturated carbocycles. The van der Waals surface area contributed by atoms with Gasteiger partial charge in [-0.3, -0.25) is 0 Å². The van der Waals surface area contributed by atoms with Crippen LogP contribution in [-0.2, 0) is 6.42 Å². The maximum absolute atomic E-state index is 13.7. The van der Waals surface area contributed by atoms with E-state index < -0.39 is 17.4 Å². The molecule has 1 rings (SSSR count). The molecular weight excluding hydrogens is 216 g/mol. The van der Waals surface area contributed by atoms with Crippen LogP contribution in [0.25, 0.3) is 0 Å². The van der Waals surface area contributed by atoms with Crippen molar-refractivity contribution in [2.45, 2.75) is 19.4 Å². The van der Waals surface area contributed by atoms with Crippen LogP contribution in [0.4, 0.5) is 8.78 Å². The van der Waals surface area contributed by atoms with E-state index in [1.54, 1.807) is 6.92 Å². The molecule has 16 heavy (non-hydrogen) atoms. The summed E-state index contributed by atoms with van der Waals surface area (Å²) in [6.07, 6.45) is 0.291. The summed E-state index contributed by atoms with van der Waals surface area (Å²) in [6, 6.07) is 1.07. The van der Waals surface area contributed by atoms with Crippen molar-refractivity contribution in [3.05, 3.63) is 23.3 Å². The molecule has 1 aromatic rings. The Morgan fingerprint density at radius 3 is 2.31 bits per heavy atom. The molecule has 0 radical (unpaired) electrons. The van der Waals surface area contributed by atoms with Crippen molar-refractivity contribution in [2.75, 3.05) is 14.2 Å². The topological polar surface area (TPSA) is 44.5 Å². The van der Waals surface area contributed by atoms with Gasteiger partial charge in [0.1, 0.15) is 0 Å². The highest BCUT2D eigenvalue weighted by Crippen LogP contribution is 2.32. The van der Waals surface area contributed by atoms with E-state index >= 15 is 0 Å². The average Bonchev–Trinajstić information content (AvgIpc) is 2.22. The van der Waals surface area contributed by atoms with Crippen molar-refractivity contribution in [3.8, 4) is 11.5 Å². The third-order valence-corrected chi connectivity index (χ3v) is 2.17. The molecular formula is C11H15F2NO2. The fourth-order valence-electron chi connectivity index (χ4n) is 1.46. The molecule has 1 atom stereocenters. The Morgan fingerprint density at radius 1 is 1.25 bits per heavy atom. The van der Waals surface area contributed by atoms with Gasteiger partial charge >= 0.3 is 0 Å². The van der Waals surface area contributed by atoms with Gasteiger partial charge in [-0.15, -0.1) is 0 Å². The molecule has 1 unspecified atom stereocenters. The zero-order valence-electron chi connectivity index (χ0n) is 9.51. The number of ether oxygens (including phenoxy) is 2. The van der Waals surface area contributed by atoms with Gasteiger partial charge in [0.25, 0.3) is 0 Å². The number of nitrogens with two attached hydrogens (primary N) is 1. The summed E-state index contributed by atoms with van der Waals surface area (Å²) in [6.45, 7) is 1.74. The van der Waals surface area contributed by atoms with Crippen molar-refractivity contribution in [2.24, 2.45) is 5.73 Å². The first kappa shape index (κ1) is 12.7. The van der Waals surface area contributed by atoms with Crippen molar-refractivity contribution >= 4 is 0 Å². The zero-order chi connectivity index (χ0) is 12.3. The van der Waals surface area contributed by atoms with Crippen LogP contribution < -0.4 is 15.2 Å². The quantitative estimate of drug-likeness (QED) is 0.860. The fourth-order valence-corrected chi connectivity index (χ4v) is 1.46. The second kappa shape index (κ2) is 5.12. The molecule has 5 heteroatoms. The van der Waals surface area contributed by atoms with Crippen molar-refractivity contribution < 1.29 is 18.3 Å². The minimum atomic E-state index is -0.837. The summed E-state index contributed by atoms with van der Waals surface area (Å²) in [5.74, 6) is -2.04. The highest BCUT2D eigenvalue weighted by Gasteiger charge is 2.20. The molecule has 1 aromatic carbocycles. The van der Waals surface area contributed by atoms with Gasteiger partial charge in [-0.25, -0.2) is 4.39 Å². The summed E-state index contributed by atoms with van der Waals surface area (Å²) in [4.78, 5) is 0. The number of benzene rings is 1. The second-order valence-electron chi connectivity index (χ2n) is 3.58. The molecule has 0 aliphatic rings. The Morgan fingerprint density at radius 2 is 1.88 bits per heavy atom. The van der Waals surface area contributed by atoms with Crippen molar-refractivity contribution in [1.29, 1.82) is 0 Å². The highest BCUT2D eigenvalue weighted by molar-refractivity contribution is 5.42. The second-order valence-corrected chi connectivity index (χ2v) is 3.58. The largest absolute Gasteiger partial charge is 0.494 e. The van der Waals surface area contributed by atoms with Gasteiger partial charge in [-0.2, -0.15) is 4.39 Å². The van der Waals surface area contributed by atoms with Crippen molar-refractivity contribution in [1.82, 2.24) is 0 Å². The first-order valence-corrected chi connectivity index (χ1v) is 4.85. The summed E-state index contributed by atoms with van der Waals surface area (Å²) in [7, 11) is 2.52. The number of hydrogen-bond donors (Lipinski definition) is 1. The number of hydrogen-bond acceptors (Lipinski definition) is 3. The van der Waals surface area contributed by atoms with E-state index in [2.05, 4.69) is 4.74 Å². The molecule has 0 aromatic heterocycles. The van der Waals surface area contributed by atoms with Crippen LogP contribution in [0.2, 0.25) is 0 Å². The minimum Gasteiger partial charge on any atom is -0.494 e. The van der Waals surface area contributed by atoms with Crippen LogP contribution in [0.5, 0.6) is 11.5 Å². The lowest BCUT2D eigenvalue weighted by Gasteiger charge is -2.13. The Kier molecular flexibility index (Phi) is 4.06. The van der Waals surface area contributed by atoms with Crippen LogP contribution in [0.15, 0.2) is 6.07 Å². The Labute approximate surface area is 93.2 Å². The zero-order valence-corrected chi connectivity index (χ0v) is 9.51. The Hall–Kier alpha value is -1.36. The first-order chi connectivity index (χ1) is 7.51. The number of rotatable bonds is 4. The van der Waals surface area contributed by atoms with Gasteiger partial charge in [0, 0.05) is 6.04 Å². The van der Waals surface area contributed by atoms with Crippen LogP contribution in [0, 0.1) is 11.6 Å². The normalized spacial score (nSPS) is 12.4. The number of methoxy groups -OCH3 is 2. The van der Waals surface area contributed by atoms with E-state index in [-0.39, 0.29) is 17.4 Å². The lowest BCUT2D eigenvalue weighted by Crippen LogP contribution is -2.19. The predicted octanol–water partition coefficient (Wildman–Crippen LogP) is 1.87. The summed E-state index contributed by atoms with van der Waals surface area (Å²) < 4.78 is 36.7. The standard InChI is InChI=1S/C11H15F2NO2/c1-6(14)4-7-5-8(15-2)10(13)11(16-3)9(7)12/h5-6H,4,14H2,1-3H3. The summed E-state index contributed by atoms with van der Waals surface area (Å²) in [5.41, 5.74) is 5.85. The SMILES string of the molecule is COc1cc(CC(C)N)c(F)c(OC)c1F. The Bertz CT molecular complexity index is 381. The van der Waals surface area contributed by atoms with Crippen LogP contribution in [0.1, 0.15) is 12.5 Å². The van der Waals surface area contributed by atoms with Crippen LogP contribution in [0.3, 0.4) is 0 Å². The third-order valence-electron chi connectivity index (χ3n) is 2.17. The van der Waals surface area contributed by atoms with Gasteiger partial charge in [-0.05, 0) is 25.0 Å².